The first-order valence-corrected chi connectivity index (χ1v) is 8.30. The van der Waals surface area contributed by atoms with E-state index < -0.39 is 0 Å². The van der Waals surface area contributed by atoms with Crippen molar-refractivity contribution in [3.05, 3.63) is 65.2 Å². The van der Waals surface area contributed by atoms with Gasteiger partial charge in [-0.05, 0) is 55.0 Å². The van der Waals surface area contributed by atoms with E-state index in [-0.39, 0.29) is 17.0 Å². The monoisotopic (exact) mass is 310 g/mol. The zero-order valence-electron chi connectivity index (χ0n) is 15.3. The predicted molar refractivity (Wildman–Crippen MR) is 101 cm³/mol. The van der Waals surface area contributed by atoms with Crippen LogP contribution in [0.1, 0.15) is 64.3 Å². The highest BCUT2D eigenvalue weighted by atomic mass is 15.0. The molecule has 0 amide bonds. The van der Waals surface area contributed by atoms with Crippen molar-refractivity contribution >= 4 is 5.69 Å². The number of rotatable bonds is 3. The molecule has 0 fully saturated rings. The summed E-state index contributed by atoms with van der Waals surface area (Å²) in [6, 6.07) is 17.3. The van der Waals surface area contributed by atoms with E-state index in [0.29, 0.717) is 0 Å². The van der Waals surface area contributed by atoms with E-state index >= 15 is 0 Å². The first-order valence-electron chi connectivity index (χ1n) is 8.30. The molecule has 23 heavy (non-hydrogen) atoms. The Kier molecular flexibility index (Phi) is 4.86. The van der Waals surface area contributed by atoms with E-state index in [2.05, 4.69) is 83.3 Å². The van der Waals surface area contributed by atoms with Crippen molar-refractivity contribution in [2.45, 2.75) is 58.5 Å². The molecule has 2 aromatic rings. The van der Waals surface area contributed by atoms with Crippen molar-refractivity contribution in [2.75, 3.05) is 5.73 Å². The first-order chi connectivity index (χ1) is 10.6. The number of hydrogen-bond donors (Lipinski definition) is 2. The zero-order chi connectivity index (χ0) is 17.3. The van der Waals surface area contributed by atoms with Crippen LogP contribution in [0.3, 0.4) is 0 Å². The lowest BCUT2D eigenvalue weighted by Gasteiger charge is -2.30. The average molecular weight is 310 g/mol. The fourth-order valence-electron chi connectivity index (χ4n) is 2.66. The van der Waals surface area contributed by atoms with Crippen LogP contribution in [-0.2, 0) is 5.41 Å². The van der Waals surface area contributed by atoms with Gasteiger partial charge < -0.3 is 11.1 Å². The van der Waals surface area contributed by atoms with Crippen LogP contribution >= 0.6 is 0 Å². The van der Waals surface area contributed by atoms with Crippen molar-refractivity contribution in [1.29, 1.82) is 0 Å². The Labute approximate surface area is 141 Å². The number of benzene rings is 2. The largest absolute Gasteiger partial charge is 0.399 e. The van der Waals surface area contributed by atoms with Crippen molar-refractivity contribution in [2.24, 2.45) is 0 Å². The van der Waals surface area contributed by atoms with Crippen LogP contribution in [0.15, 0.2) is 48.5 Å². The van der Waals surface area contributed by atoms with E-state index in [1.807, 2.05) is 12.1 Å². The molecule has 0 aliphatic heterocycles. The molecule has 2 rings (SSSR count). The van der Waals surface area contributed by atoms with Gasteiger partial charge in [0.25, 0.3) is 0 Å². The molecule has 0 saturated heterocycles. The Morgan fingerprint density at radius 2 is 1.17 bits per heavy atom. The zero-order valence-corrected chi connectivity index (χ0v) is 15.3. The molecule has 1 unspecified atom stereocenters. The minimum absolute atomic E-state index is 0.0226. The van der Waals surface area contributed by atoms with Gasteiger partial charge in [-0.3, -0.25) is 0 Å². The third-order valence-electron chi connectivity index (χ3n) is 3.96. The van der Waals surface area contributed by atoms with Crippen LogP contribution < -0.4 is 11.1 Å². The first kappa shape index (κ1) is 17.6. The average Bonchev–Trinajstić information content (AvgIpc) is 2.44. The van der Waals surface area contributed by atoms with Crippen LogP contribution in [0.4, 0.5) is 5.69 Å². The molecule has 0 heterocycles. The molecule has 0 radical (unpaired) electrons. The number of anilines is 1. The lowest BCUT2D eigenvalue weighted by Crippen LogP contribution is -2.39. The number of nitrogens with one attached hydrogen (secondary N) is 1. The Morgan fingerprint density at radius 1 is 0.739 bits per heavy atom. The van der Waals surface area contributed by atoms with Crippen molar-refractivity contribution < 1.29 is 0 Å². The molecule has 3 N–H and O–H groups in total. The molecule has 0 aliphatic rings. The summed E-state index contributed by atoms with van der Waals surface area (Å²) >= 11 is 0. The fraction of sp³-hybridized carbons (Fsp3) is 0.429. The van der Waals surface area contributed by atoms with Crippen molar-refractivity contribution in [3.63, 3.8) is 0 Å². The lowest BCUT2D eigenvalue weighted by atomic mass is 9.85. The summed E-state index contributed by atoms with van der Waals surface area (Å²) in [5, 5.41) is 3.73. The molecular weight excluding hydrogens is 280 g/mol. The van der Waals surface area contributed by atoms with Crippen LogP contribution in [0.2, 0.25) is 0 Å². The van der Waals surface area contributed by atoms with E-state index in [1.165, 1.54) is 16.7 Å². The van der Waals surface area contributed by atoms with E-state index in [4.69, 9.17) is 5.73 Å². The summed E-state index contributed by atoms with van der Waals surface area (Å²) < 4.78 is 0. The number of hydrogen-bond acceptors (Lipinski definition) is 2. The van der Waals surface area contributed by atoms with Gasteiger partial charge in [-0.25, -0.2) is 0 Å². The van der Waals surface area contributed by atoms with Crippen molar-refractivity contribution in [1.82, 2.24) is 5.32 Å². The van der Waals surface area contributed by atoms with Crippen LogP contribution in [0, 0.1) is 0 Å². The molecular formula is C21H30N2. The molecule has 124 valence electrons. The second-order valence-electron chi connectivity index (χ2n) is 8.37. The molecule has 0 saturated carbocycles. The van der Waals surface area contributed by atoms with Gasteiger partial charge in [0.1, 0.15) is 0 Å². The fourth-order valence-corrected chi connectivity index (χ4v) is 2.66. The molecule has 0 aromatic heterocycles. The van der Waals surface area contributed by atoms with Crippen LogP contribution in [0.5, 0.6) is 0 Å². The lowest BCUT2D eigenvalue weighted by molar-refractivity contribution is 0.391. The molecule has 2 aromatic carbocycles. The highest BCUT2D eigenvalue weighted by Crippen LogP contribution is 2.28. The minimum Gasteiger partial charge on any atom is -0.399 e. The Balaban J connectivity index is 2.39. The van der Waals surface area contributed by atoms with Gasteiger partial charge in [0.15, 0.2) is 0 Å². The maximum absolute atomic E-state index is 5.84. The minimum atomic E-state index is 0.0226. The van der Waals surface area contributed by atoms with Crippen LogP contribution in [0.25, 0.3) is 0 Å². The van der Waals surface area contributed by atoms with Gasteiger partial charge in [0, 0.05) is 11.2 Å². The second-order valence-corrected chi connectivity index (χ2v) is 8.37. The maximum Gasteiger partial charge on any atom is 0.0580 e. The smallest absolute Gasteiger partial charge is 0.0580 e. The number of nitrogen functional groups attached to an aromatic ring is 1. The molecule has 0 spiro atoms. The summed E-state index contributed by atoms with van der Waals surface area (Å²) in [5.74, 6) is 0. The van der Waals surface area contributed by atoms with E-state index in [9.17, 15) is 0 Å². The maximum atomic E-state index is 5.84. The van der Waals surface area contributed by atoms with Gasteiger partial charge in [0.2, 0.25) is 0 Å². The standard InChI is InChI=1S/C21H30N2/c1-20(2,3)17-11-7-15(8-12-17)19(23-21(4,5)6)16-9-13-18(22)14-10-16/h7-14,19,23H,22H2,1-6H3. The molecule has 2 nitrogen and oxygen atoms in total. The molecule has 0 aliphatic carbocycles. The van der Waals surface area contributed by atoms with Crippen molar-refractivity contribution in [3.8, 4) is 0 Å². The second kappa shape index (κ2) is 6.37. The molecule has 1 atom stereocenters. The third kappa shape index (κ3) is 4.84. The highest BCUT2D eigenvalue weighted by Gasteiger charge is 2.21. The molecule has 0 bridgehead atoms. The third-order valence-corrected chi connectivity index (χ3v) is 3.96. The normalized spacial score (nSPS) is 13.8. The quantitative estimate of drug-likeness (QED) is 0.779. The van der Waals surface area contributed by atoms with Gasteiger partial charge in [0.05, 0.1) is 6.04 Å². The Morgan fingerprint density at radius 3 is 1.57 bits per heavy atom. The van der Waals surface area contributed by atoms with Gasteiger partial charge in [-0.1, -0.05) is 57.2 Å². The molecule has 2 heteroatoms. The highest BCUT2D eigenvalue weighted by molar-refractivity contribution is 5.43. The van der Waals surface area contributed by atoms with E-state index in [1.54, 1.807) is 0 Å². The van der Waals surface area contributed by atoms with Crippen LogP contribution in [-0.4, -0.2) is 5.54 Å². The summed E-state index contributed by atoms with van der Waals surface area (Å²) in [6.07, 6.45) is 0. The predicted octanol–water partition coefficient (Wildman–Crippen LogP) is 5.04. The summed E-state index contributed by atoms with van der Waals surface area (Å²) in [4.78, 5) is 0. The van der Waals surface area contributed by atoms with E-state index in [0.717, 1.165) is 5.69 Å². The van der Waals surface area contributed by atoms with Gasteiger partial charge >= 0.3 is 0 Å². The topological polar surface area (TPSA) is 38.0 Å². The number of nitrogens with two attached hydrogens (primary N) is 1. The SMILES string of the molecule is CC(C)(C)NC(c1ccc(N)cc1)c1ccc(C(C)(C)C)cc1. The Bertz CT molecular complexity index is 626. The Hall–Kier alpha value is -1.80. The summed E-state index contributed by atoms with van der Waals surface area (Å²) in [7, 11) is 0. The summed E-state index contributed by atoms with van der Waals surface area (Å²) in [5.41, 5.74) is 10.7. The van der Waals surface area contributed by atoms with Gasteiger partial charge in [-0.15, -0.1) is 0 Å². The van der Waals surface area contributed by atoms with Gasteiger partial charge in [-0.2, -0.15) is 0 Å². The summed E-state index contributed by atoms with van der Waals surface area (Å²) in [6.45, 7) is 13.3.